The Morgan fingerprint density at radius 2 is 2.07 bits per heavy atom. The summed E-state index contributed by atoms with van der Waals surface area (Å²) < 4.78 is 21.5. The maximum Gasteiger partial charge on any atom is 0.344 e. The van der Waals surface area contributed by atoms with Crippen LogP contribution in [0.25, 0.3) is 21.7 Å². The molecule has 1 atom stereocenters. The molecule has 3 heterocycles. The SMILES string of the molecule is Cc1cc(=O)oc2cc(OCC(=O)O[C@@H](C)c3nnc(-c4cccs4)o3)ccc12. The topological polar surface area (TPSA) is 105 Å². The van der Waals surface area contributed by atoms with Crippen molar-refractivity contribution in [2.75, 3.05) is 6.61 Å². The molecule has 0 amide bonds. The van der Waals surface area contributed by atoms with Crippen LogP contribution in [0.5, 0.6) is 5.75 Å². The summed E-state index contributed by atoms with van der Waals surface area (Å²) in [5.41, 5.74) is 0.751. The van der Waals surface area contributed by atoms with Crippen LogP contribution in [0.2, 0.25) is 0 Å². The highest BCUT2D eigenvalue weighted by molar-refractivity contribution is 7.13. The minimum absolute atomic E-state index is 0.199. The van der Waals surface area contributed by atoms with Crippen LogP contribution in [0.1, 0.15) is 24.5 Å². The summed E-state index contributed by atoms with van der Waals surface area (Å²) >= 11 is 1.47. The molecule has 0 N–H and O–H groups in total. The number of benzene rings is 1. The highest BCUT2D eigenvalue weighted by Gasteiger charge is 2.19. The van der Waals surface area contributed by atoms with Crippen LogP contribution in [0.15, 0.2) is 55.4 Å². The summed E-state index contributed by atoms with van der Waals surface area (Å²) in [4.78, 5) is 24.4. The Morgan fingerprint density at radius 3 is 2.86 bits per heavy atom. The molecule has 1 aromatic carbocycles. The number of esters is 1. The van der Waals surface area contributed by atoms with Crippen LogP contribution in [-0.2, 0) is 9.53 Å². The monoisotopic (exact) mass is 412 g/mol. The van der Waals surface area contributed by atoms with E-state index in [0.717, 1.165) is 15.8 Å². The third-order valence-corrected chi connectivity index (χ3v) is 4.97. The summed E-state index contributed by atoms with van der Waals surface area (Å²) in [5, 5.41) is 10.6. The van der Waals surface area contributed by atoms with Crippen molar-refractivity contribution in [1.29, 1.82) is 0 Å². The Hall–Kier alpha value is -3.46. The second kappa shape index (κ2) is 7.88. The van der Waals surface area contributed by atoms with Gasteiger partial charge in [0, 0.05) is 17.5 Å². The van der Waals surface area contributed by atoms with Crippen LogP contribution in [0.4, 0.5) is 0 Å². The zero-order valence-electron chi connectivity index (χ0n) is 15.6. The normalized spacial score (nSPS) is 12.1. The zero-order chi connectivity index (χ0) is 20.4. The van der Waals surface area contributed by atoms with Gasteiger partial charge in [-0.3, -0.25) is 0 Å². The van der Waals surface area contributed by atoms with E-state index in [1.807, 2.05) is 24.4 Å². The van der Waals surface area contributed by atoms with Crippen LogP contribution < -0.4 is 10.4 Å². The number of hydrogen-bond donors (Lipinski definition) is 0. The second-order valence-electron chi connectivity index (χ2n) is 6.25. The number of ether oxygens (including phenoxy) is 2. The third-order valence-electron chi connectivity index (χ3n) is 4.11. The molecule has 8 nitrogen and oxygen atoms in total. The first-order chi connectivity index (χ1) is 14.0. The lowest BCUT2D eigenvalue weighted by Gasteiger charge is -2.10. The van der Waals surface area contributed by atoms with E-state index in [2.05, 4.69) is 10.2 Å². The van der Waals surface area contributed by atoms with E-state index in [0.29, 0.717) is 17.2 Å². The molecule has 0 fully saturated rings. The molecule has 0 bridgehead atoms. The number of hydrogen-bond acceptors (Lipinski definition) is 9. The number of aromatic nitrogens is 2. The lowest BCUT2D eigenvalue weighted by molar-refractivity contribution is -0.152. The standard InChI is InChI=1S/C20H16N2O6S/c1-11-8-17(23)27-15-9-13(5-6-14(11)15)25-10-18(24)26-12(2)19-21-22-20(28-19)16-4-3-7-29-16/h3-9,12H,10H2,1-2H3/t12-/m0/s1. The average molecular weight is 412 g/mol. The minimum Gasteiger partial charge on any atom is -0.482 e. The lowest BCUT2D eigenvalue weighted by atomic mass is 10.1. The van der Waals surface area contributed by atoms with Gasteiger partial charge in [-0.25, -0.2) is 9.59 Å². The van der Waals surface area contributed by atoms with Gasteiger partial charge in [0.25, 0.3) is 11.8 Å². The number of carbonyl (C=O) groups is 1. The van der Waals surface area contributed by atoms with Crippen LogP contribution in [-0.4, -0.2) is 22.8 Å². The fraction of sp³-hybridized carbons (Fsp3) is 0.200. The Bertz CT molecular complexity index is 1210. The molecule has 3 aromatic heterocycles. The van der Waals surface area contributed by atoms with E-state index in [-0.39, 0.29) is 12.5 Å². The highest BCUT2D eigenvalue weighted by atomic mass is 32.1. The quantitative estimate of drug-likeness (QED) is 0.347. The first-order valence-electron chi connectivity index (χ1n) is 8.73. The van der Waals surface area contributed by atoms with Gasteiger partial charge >= 0.3 is 11.6 Å². The third kappa shape index (κ3) is 4.19. The number of aryl methyl sites for hydroxylation is 1. The van der Waals surface area contributed by atoms with Crippen molar-refractivity contribution in [3.63, 3.8) is 0 Å². The molecule has 0 radical (unpaired) electrons. The van der Waals surface area contributed by atoms with Gasteiger partial charge in [0.1, 0.15) is 11.3 Å². The molecule has 9 heteroatoms. The fourth-order valence-corrected chi connectivity index (χ4v) is 3.36. The number of rotatable bonds is 6. The first-order valence-corrected chi connectivity index (χ1v) is 9.61. The maximum atomic E-state index is 12.1. The Kier molecular flexibility index (Phi) is 5.13. The summed E-state index contributed by atoms with van der Waals surface area (Å²) in [6.45, 7) is 3.13. The molecule has 0 saturated carbocycles. The summed E-state index contributed by atoms with van der Waals surface area (Å²) in [7, 11) is 0. The van der Waals surface area contributed by atoms with Gasteiger partial charge in [-0.2, -0.15) is 0 Å². The smallest absolute Gasteiger partial charge is 0.344 e. The van der Waals surface area contributed by atoms with Crippen molar-refractivity contribution in [2.24, 2.45) is 0 Å². The molecule has 4 aromatic rings. The number of nitrogens with zero attached hydrogens (tertiary/aromatic N) is 2. The van der Waals surface area contributed by atoms with Crippen molar-refractivity contribution in [1.82, 2.24) is 10.2 Å². The van der Waals surface area contributed by atoms with Crippen molar-refractivity contribution in [3.05, 3.63) is 63.7 Å². The molecule has 0 aliphatic carbocycles. The minimum atomic E-state index is -0.718. The van der Waals surface area contributed by atoms with E-state index < -0.39 is 17.7 Å². The van der Waals surface area contributed by atoms with E-state index in [4.69, 9.17) is 18.3 Å². The second-order valence-corrected chi connectivity index (χ2v) is 7.20. The van der Waals surface area contributed by atoms with Gasteiger partial charge in [0.2, 0.25) is 0 Å². The first kappa shape index (κ1) is 18.9. The van der Waals surface area contributed by atoms with Gasteiger partial charge in [-0.1, -0.05) is 6.07 Å². The van der Waals surface area contributed by atoms with E-state index in [1.54, 1.807) is 25.1 Å². The van der Waals surface area contributed by atoms with Crippen molar-refractivity contribution < 1.29 is 23.1 Å². The number of thiophene rings is 1. The Labute approximate surface area is 168 Å². The molecule has 29 heavy (non-hydrogen) atoms. The molecule has 0 saturated heterocycles. The van der Waals surface area contributed by atoms with Crippen LogP contribution in [0, 0.1) is 6.92 Å². The predicted molar refractivity (Wildman–Crippen MR) is 105 cm³/mol. The molecule has 0 aliphatic heterocycles. The fourth-order valence-electron chi connectivity index (χ4n) is 2.72. The molecule has 4 rings (SSSR count). The van der Waals surface area contributed by atoms with Gasteiger partial charge < -0.3 is 18.3 Å². The van der Waals surface area contributed by atoms with E-state index in [1.165, 1.54) is 17.4 Å². The van der Waals surface area contributed by atoms with Crippen molar-refractivity contribution in [3.8, 4) is 16.5 Å². The van der Waals surface area contributed by atoms with Crippen LogP contribution in [0.3, 0.4) is 0 Å². The average Bonchev–Trinajstić information content (AvgIpc) is 3.37. The summed E-state index contributed by atoms with van der Waals surface area (Å²) in [6.07, 6.45) is -0.718. The van der Waals surface area contributed by atoms with Crippen molar-refractivity contribution >= 4 is 28.3 Å². The molecule has 148 valence electrons. The Morgan fingerprint density at radius 1 is 1.21 bits per heavy atom. The summed E-state index contributed by atoms with van der Waals surface area (Å²) in [5.74, 6) is 0.361. The number of fused-ring (bicyclic) bond motifs is 1. The van der Waals surface area contributed by atoms with Crippen LogP contribution >= 0.6 is 11.3 Å². The molecule has 0 spiro atoms. The Balaban J connectivity index is 1.37. The van der Waals surface area contributed by atoms with Gasteiger partial charge in [0.15, 0.2) is 12.7 Å². The zero-order valence-corrected chi connectivity index (χ0v) is 16.4. The van der Waals surface area contributed by atoms with E-state index in [9.17, 15) is 9.59 Å². The molecule has 0 aliphatic rings. The number of carbonyl (C=O) groups excluding carboxylic acids is 1. The molecular weight excluding hydrogens is 396 g/mol. The maximum absolute atomic E-state index is 12.1. The van der Waals surface area contributed by atoms with Crippen molar-refractivity contribution in [2.45, 2.75) is 20.0 Å². The summed E-state index contributed by atoms with van der Waals surface area (Å²) in [6, 6.07) is 10.2. The highest BCUT2D eigenvalue weighted by Crippen LogP contribution is 2.26. The van der Waals surface area contributed by atoms with Gasteiger partial charge in [0.05, 0.1) is 4.88 Å². The largest absolute Gasteiger partial charge is 0.482 e. The predicted octanol–water partition coefficient (Wildman–Crippen LogP) is 3.90. The van der Waals surface area contributed by atoms with E-state index >= 15 is 0 Å². The lowest BCUT2D eigenvalue weighted by Crippen LogP contribution is -2.17. The van der Waals surface area contributed by atoms with Gasteiger partial charge in [-0.05, 0) is 43.0 Å². The van der Waals surface area contributed by atoms with Gasteiger partial charge in [-0.15, -0.1) is 21.5 Å². The molecule has 0 unspecified atom stereocenters. The molecular formula is C20H16N2O6S.